The molecule has 0 amide bonds. The van der Waals surface area contributed by atoms with Gasteiger partial charge < -0.3 is 15.7 Å². The molecule has 1 aromatic heterocycles. The highest BCUT2D eigenvalue weighted by molar-refractivity contribution is 5.92. The van der Waals surface area contributed by atoms with E-state index in [9.17, 15) is 5.11 Å². The molecule has 0 bridgehead atoms. The Morgan fingerprint density at radius 1 is 1.24 bits per heavy atom. The van der Waals surface area contributed by atoms with E-state index < -0.39 is 0 Å². The monoisotopic (exact) mass is 231 g/mol. The molecule has 0 saturated heterocycles. The Bertz CT molecular complexity index is 499. The Labute approximate surface area is 101 Å². The zero-order valence-electron chi connectivity index (χ0n) is 9.90. The summed E-state index contributed by atoms with van der Waals surface area (Å²) >= 11 is 0. The second kappa shape index (κ2) is 5.50. The Morgan fingerprint density at radius 3 is 2.94 bits per heavy atom. The first-order chi connectivity index (χ1) is 8.31. The molecular formula is C13H17N3O. The van der Waals surface area contributed by atoms with Crippen molar-refractivity contribution in [2.45, 2.75) is 6.92 Å². The molecule has 90 valence electrons. The van der Waals surface area contributed by atoms with Crippen molar-refractivity contribution in [3.63, 3.8) is 0 Å². The van der Waals surface area contributed by atoms with Crippen LogP contribution in [0.5, 0.6) is 5.75 Å². The quantitative estimate of drug-likeness (QED) is 0.688. The summed E-state index contributed by atoms with van der Waals surface area (Å²) in [6, 6.07) is 7.24. The molecular weight excluding hydrogens is 214 g/mol. The number of hydrogen-bond acceptors (Lipinski definition) is 4. The van der Waals surface area contributed by atoms with Crippen molar-refractivity contribution < 1.29 is 5.11 Å². The molecule has 0 aliphatic carbocycles. The lowest BCUT2D eigenvalue weighted by molar-refractivity contribution is 0.476. The second-order valence-corrected chi connectivity index (χ2v) is 3.85. The SMILES string of the molecule is CCNCCNc1nccc2ccc(O)cc12. The number of fused-ring (bicyclic) bond motifs is 1. The van der Waals surface area contributed by atoms with Crippen LogP contribution in [0.2, 0.25) is 0 Å². The predicted octanol–water partition coefficient (Wildman–Crippen LogP) is 1.96. The fourth-order valence-corrected chi connectivity index (χ4v) is 1.74. The molecule has 17 heavy (non-hydrogen) atoms. The maximum atomic E-state index is 9.50. The number of nitrogens with one attached hydrogen (secondary N) is 2. The van der Waals surface area contributed by atoms with Gasteiger partial charge in [0.2, 0.25) is 0 Å². The van der Waals surface area contributed by atoms with Gasteiger partial charge in [0.25, 0.3) is 0 Å². The highest BCUT2D eigenvalue weighted by Gasteiger charge is 2.02. The van der Waals surface area contributed by atoms with Crippen LogP contribution in [0.1, 0.15) is 6.92 Å². The first-order valence-electron chi connectivity index (χ1n) is 5.83. The first-order valence-corrected chi connectivity index (χ1v) is 5.83. The van der Waals surface area contributed by atoms with Crippen LogP contribution in [0.25, 0.3) is 10.8 Å². The summed E-state index contributed by atoms with van der Waals surface area (Å²) in [5, 5.41) is 18.0. The van der Waals surface area contributed by atoms with Crippen LogP contribution < -0.4 is 10.6 Å². The van der Waals surface area contributed by atoms with E-state index in [-0.39, 0.29) is 5.75 Å². The molecule has 3 N–H and O–H groups in total. The van der Waals surface area contributed by atoms with Crippen LogP contribution in [-0.4, -0.2) is 29.7 Å². The number of rotatable bonds is 5. The highest BCUT2D eigenvalue weighted by Crippen LogP contribution is 2.24. The Balaban J connectivity index is 2.18. The smallest absolute Gasteiger partial charge is 0.133 e. The number of aromatic nitrogens is 1. The van der Waals surface area contributed by atoms with Gasteiger partial charge in [-0.2, -0.15) is 0 Å². The number of phenols is 1. The number of anilines is 1. The topological polar surface area (TPSA) is 57.2 Å². The number of pyridine rings is 1. The molecule has 0 aliphatic heterocycles. The maximum absolute atomic E-state index is 9.50. The van der Waals surface area contributed by atoms with Gasteiger partial charge in [-0.1, -0.05) is 13.0 Å². The van der Waals surface area contributed by atoms with Gasteiger partial charge in [-0.3, -0.25) is 0 Å². The van der Waals surface area contributed by atoms with Gasteiger partial charge >= 0.3 is 0 Å². The van der Waals surface area contributed by atoms with E-state index in [4.69, 9.17) is 0 Å². The van der Waals surface area contributed by atoms with Crippen LogP contribution in [0.3, 0.4) is 0 Å². The van der Waals surface area contributed by atoms with Crippen LogP contribution in [0.4, 0.5) is 5.82 Å². The van der Waals surface area contributed by atoms with Gasteiger partial charge in [-0.05, 0) is 30.1 Å². The van der Waals surface area contributed by atoms with Gasteiger partial charge in [0.15, 0.2) is 0 Å². The predicted molar refractivity (Wildman–Crippen MR) is 70.4 cm³/mol. The second-order valence-electron chi connectivity index (χ2n) is 3.85. The van der Waals surface area contributed by atoms with Crippen molar-refractivity contribution in [3.05, 3.63) is 30.5 Å². The zero-order chi connectivity index (χ0) is 12.1. The minimum absolute atomic E-state index is 0.264. The minimum atomic E-state index is 0.264. The van der Waals surface area contributed by atoms with E-state index in [1.807, 2.05) is 12.1 Å². The van der Waals surface area contributed by atoms with Crippen molar-refractivity contribution in [2.24, 2.45) is 0 Å². The highest BCUT2D eigenvalue weighted by atomic mass is 16.3. The largest absolute Gasteiger partial charge is 0.508 e. The van der Waals surface area contributed by atoms with Crippen LogP contribution in [0.15, 0.2) is 30.5 Å². The molecule has 1 heterocycles. The summed E-state index contributed by atoms with van der Waals surface area (Å²) < 4.78 is 0. The van der Waals surface area contributed by atoms with Crippen LogP contribution in [-0.2, 0) is 0 Å². The van der Waals surface area contributed by atoms with Crippen LogP contribution in [0, 0.1) is 0 Å². The lowest BCUT2D eigenvalue weighted by Gasteiger charge is -2.09. The number of likely N-dealkylation sites (N-methyl/N-ethyl adjacent to an activating group) is 1. The summed E-state index contributed by atoms with van der Waals surface area (Å²) in [6.07, 6.45) is 1.77. The fraction of sp³-hybridized carbons (Fsp3) is 0.308. The average molecular weight is 231 g/mol. The molecule has 0 saturated carbocycles. The molecule has 0 spiro atoms. The van der Waals surface area contributed by atoms with Crippen LogP contribution >= 0.6 is 0 Å². The molecule has 0 radical (unpaired) electrons. The minimum Gasteiger partial charge on any atom is -0.508 e. The summed E-state index contributed by atoms with van der Waals surface area (Å²) in [5.74, 6) is 1.08. The lowest BCUT2D eigenvalue weighted by Crippen LogP contribution is -2.21. The average Bonchev–Trinajstić information content (AvgIpc) is 2.35. The number of nitrogens with zero attached hydrogens (tertiary/aromatic N) is 1. The third kappa shape index (κ3) is 2.85. The van der Waals surface area contributed by atoms with Gasteiger partial charge in [0.05, 0.1) is 0 Å². The Morgan fingerprint density at radius 2 is 2.12 bits per heavy atom. The maximum Gasteiger partial charge on any atom is 0.133 e. The standard InChI is InChI=1S/C13H17N3O/c1-2-14-7-8-16-13-12-9-11(17)4-3-10(12)5-6-15-13/h3-6,9,14,17H,2,7-8H2,1H3,(H,15,16). The van der Waals surface area contributed by atoms with Gasteiger partial charge in [0.1, 0.15) is 11.6 Å². The molecule has 0 atom stereocenters. The number of phenolic OH excluding ortho intramolecular Hbond substituents is 1. The fourth-order valence-electron chi connectivity index (χ4n) is 1.74. The molecule has 0 fully saturated rings. The lowest BCUT2D eigenvalue weighted by atomic mass is 10.1. The molecule has 2 rings (SSSR count). The van der Waals surface area contributed by atoms with Crippen molar-refractivity contribution in [3.8, 4) is 5.75 Å². The van der Waals surface area contributed by atoms with E-state index in [1.54, 1.807) is 18.3 Å². The molecule has 1 aromatic carbocycles. The summed E-state index contributed by atoms with van der Waals surface area (Å²) in [7, 11) is 0. The van der Waals surface area contributed by atoms with Gasteiger partial charge in [-0.25, -0.2) is 4.98 Å². The summed E-state index contributed by atoms with van der Waals surface area (Å²) in [4.78, 5) is 4.30. The van der Waals surface area contributed by atoms with E-state index >= 15 is 0 Å². The molecule has 4 heteroatoms. The molecule has 2 aromatic rings. The molecule has 4 nitrogen and oxygen atoms in total. The number of hydrogen-bond donors (Lipinski definition) is 3. The molecule has 0 aliphatic rings. The van der Waals surface area contributed by atoms with E-state index in [0.29, 0.717) is 0 Å². The van der Waals surface area contributed by atoms with Crippen molar-refractivity contribution in [2.75, 3.05) is 25.0 Å². The van der Waals surface area contributed by atoms with Crippen molar-refractivity contribution >= 4 is 16.6 Å². The Kier molecular flexibility index (Phi) is 3.77. The van der Waals surface area contributed by atoms with E-state index in [1.165, 1.54) is 0 Å². The summed E-state index contributed by atoms with van der Waals surface area (Å²) in [6.45, 7) is 4.75. The van der Waals surface area contributed by atoms with Gasteiger partial charge in [0, 0.05) is 24.7 Å². The number of benzene rings is 1. The number of aromatic hydroxyl groups is 1. The van der Waals surface area contributed by atoms with E-state index in [0.717, 1.165) is 36.2 Å². The van der Waals surface area contributed by atoms with Gasteiger partial charge in [-0.15, -0.1) is 0 Å². The van der Waals surface area contributed by atoms with Crippen molar-refractivity contribution in [1.29, 1.82) is 0 Å². The van der Waals surface area contributed by atoms with E-state index in [2.05, 4.69) is 22.5 Å². The third-order valence-electron chi connectivity index (χ3n) is 2.59. The third-order valence-corrected chi connectivity index (χ3v) is 2.59. The first kappa shape index (κ1) is 11.7. The Hall–Kier alpha value is -1.81. The van der Waals surface area contributed by atoms with Crippen molar-refractivity contribution in [1.82, 2.24) is 10.3 Å². The molecule has 0 unspecified atom stereocenters. The summed E-state index contributed by atoms with van der Waals surface area (Å²) in [5.41, 5.74) is 0. The zero-order valence-corrected chi connectivity index (χ0v) is 9.90. The normalized spacial score (nSPS) is 10.6.